The van der Waals surface area contributed by atoms with Gasteiger partial charge in [-0.25, -0.2) is 8.42 Å². The van der Waals surface area contributed by atoms with Crippen LogP contribution in [0.15, 0.2) is 0 Å². The van der Waals surface area contributed by atoms with Crippen LogP contribution < -0.4 is 5.73 Å². The molecule has 0 aromatic rings. The van der Waals surface area contributed by atoms with E-state index in [0.29, 0.717) is 12.3 Å². The molecule has 3 nitrogen and oxygen atoms in total. The molecular formula is C9H21NO2S. The predicted octanol–water partition coefficient (Wildman–Crippen LogP) is 1.18. The van der Waals surface area contributed by atoms with Gasteiger partial charge < -0.3 is 5.73 Å². The summed E-state index contributed by atoms with van der Waals surface area (Å²) in [6, 6.07) is 0.0322. The Balaban J connectivity index is 3.92. The minimum absolute atomic E-state index is 0.0322. The molecule has 0 radical (unpaired) electrons. The van der Waals surface area contributed by atoms with E-state index in [1.807, 2.05) is 0 Å². The fraction of sp³-hybridized carbons (Fsp3) is 1.00. The highest BCUT2D eigenvalue weighted by Gasteiger charge is 2.15. The van der Waals surface area contributed by atoms with Crippen molar-refractivity contribution in [1.82, 2.24) is 0 Å². The summed E-state index contributed by atoms with van der Waals surface area (Å²) in [5, 5.41) is 0. The molecule has 4 heteroatoms. The zero-order chi connectivity index (χ0) is 10.5. The van der Waals surface area contributed by atoms with Crippen molar-refractivity contribution in [2.45, 2.75) is 39.2 Å². The molecule has 0 aliphatic heterocycles. The number of rotatable bonds is 6. The lowest BCUT2D eigenvalue weighted by Gasteiger charge is -2.20. The fourth-order valence-corrected chi connectivity index (χ4v) is 2.18. The van der Waals surface area contributed by atoms with E-state index in [-0.39, 0.29) is 11.8 Å². The highest BCUT2D eigenvalue weighted by atomic mass is 32.2. The second-order valence-electron chi connectivity index (χ2n) is 3.66. The lowest BCUT2D eigenvalue weighted by Crippen LogP contribution is -2.31. The SMILES string of the molecule is CCC(CC)C(N)CCS(C)(=O)=O. The highest BCUT2D eigenvalue weighted by Crippen LogP contribution is 2.14. The van der Waals surface area contributed by atoms with Gasteiger partial charge in [0.1, 0.15) is 9.84 Å². The molecule has 0 rings (SSSR count). The van der Waals surface area contributed by atoms with Crippen LogP contribution >= 0.6 is 0 Å². The first-order chi connectivity index (χ1) is 5.90. The molecule has 2 N–H and O–H groups in total. The molecule has 80 valence electrons. The van der Waals surface area contributed by atoms with Crippen molar-refractivity contribution in [3.8, 4) is 0 Å². The number of hydrogen-bond donors (Lipinski definition) is 1. The first kappa shape index (κ1) is 12.9. The van der Waals surface area contributed by atoms with E-state index in [1.54, 1.807) is 0 Å². The van der Waals surface area contributed by atoms with Crippen LogP contribution in [0, 0.1) is 5.92 Å². The predicted molar refractivity (Wildman–Crippen MR) is 56.4 cm³/mol. The maximum absolute atomic E-state index is 10.9. The van der Waals surface area contributed by atoms with Crippen molar-refractivity contribution in [1.29, 1.82) is 0 Å². The number of sulfone groups is 1. The maximum Gasteiger partial charge on any atom is 0.147 e. The maximum atomic E-state index is 10.9. The Morgan fingerprint density at radius 2 is 1.69 bits per heavy atom. The summed E-state index contributed by atoms with van der Waals surface area (Å²) in [5.41, 5.74) is 5.88. The average molecular weight is 207 g/mol. The summed E-state index contributed by atoms with van der Waals surface area (Å²) in [7, 11) is -2.85. The molecule has 0 aliphatic rings. The lowest BCUT2D eigenvalue weighted by atomic mass is 9.93. The Labute approximate surface area is 81.6 Å². The molecule has 0 fully saturated rings. The van der Waals surface area contributed by atoms with Gasteiger partial charge in [-0.1, -0.05) is 26.7 Å². The third-order valence-corrected chi connectivity index (χ3v) is 3.45. The van der Waals surface area contributed by atoms with Crippen LogP contribution in [0.2, 0.25) is 0 Å². The summed E-state index contributed by atoms with van der Waals surface area (Å²) in [6.07, 6.45) is 3.90. The van der Waals surface area contributed by atoms with E-state index in [2.05, 4.69) is 13.8 Å². The Hall–Kier alpha value is -0.0900. The third-order valence-electron chi connectivity index (χ3n) is 2.48. The van der Waals surface area contributed by atoms with Crippen LogP contribution in [0.1, 0.15) is 33.1 Å². The molecule has 0 aromatic heterocycles. The zero-order valence-corrected chi connectivity index (χ0v) is 9.60. The van der Waals surface area contributed by atoms with Crippen LogP contribution in [-0.4, -0.2) is 26.5 Å². The average Bonchev–Trinajstić information content (AvgIpc) is 2.02. The highest BCUT2D eigenvalue weighted by molar-refractivity contribution is 7.90. The molecule has 0 aliphatic carbocycles. The van der Waals surface area contributed by atoms with Crippen LogP contribution in [0.4, 0.5) is 0 Å². The smallest absolute Gasteiger partial charge is 0.147 e. The second kappa shape index (κ2) is 5.60. The Kier molecular flexibility index (Phi) is 5.56. The van der Waals surface area contributed by atoms with E-state index in [9.17, 15) is 8.42 Å². The Morgan fingerprint density at radius 1 is 1.23 bits per heavy atom. The standard InChI is InChI=1S/C9H21NO2S/c1-4-8(5-2)9(10)6-7-13(3,11)12/h8-9H,4-7,10H2,1-3H3. The van der Waals surface area contributed by atoms with Gasteiger partial charge in [-0.15, -0.1) is 0 Å². The number of nitrogens with two attached hydrogens (primary N) is 1. The van der Waals surface area contributed by atoms with Gasteiger partial charge in [0.15, 0.2) is 0 Å². The minimum Gasteiger partial charge on any atom is -0.327 e. The lowest BCUT2D eigenvalue weighted by molar-refractivity contribution is 0.387. The van der Waals surface area contributed by atoms with Gasteiger partial charge in [-0.05, 0) is 12.3 Å². The van der Waals surface area contributed by atoms with E-state index >= 15 is 0 Å². The topological polar surface area (TPSA) is 60.2 Å². The molecule has 13 heavy (non-hydrogen) atoms. The van der Waals surface area contributed by atoms with Gasteiger partial charge in [0.25, 0.3) is 0 Å². The zero-order valence-electron chi connectivity index (χ0n) is 8.79. The van der Waals surface area contributed by atoms with Gasteiger partial charge in [0, 0.05) is 12.3 Å². The molecule has 0 saturated heterocycles. The molecule has 0 aromatic carbocycles. The summed E-state index contributed by atoms with van der Waals surface area (Å²) in [5.74, 6) is 0.673. The van der Waals surface area contributed by atoms with Gasteiger partial charge in [-0.3, -0.25) is 0 Å². The van der Waals surface area contributed by atoms with Crippen molar-refractivity contribution >= 4 is 9.84 Å². The van der Waals surface area contributed by atoms with E-state index < -0.39 is 9.84 Å². The van der Waals surface area contributed by atoms with Crippen molar-refractivity contribution in [3.63, 3.8) is 0 Å². The van der Waals surface area contributed by atoms with Gasteiger partial charge in [-0.2, -0.15) is 0 Å². The van der Waals surface area contributed by atoms with Gasteiger partial charge >= 0.3 is 0 Å². The van der Waals surface area contributed by atoms with Crippen LogP contribution in [0.25, 0.3) is 0 Å². The minimum atomic E-state index is -2.85. The van der Waals surface area contributed by atoms with Crippen LogP contribution in [0.5, 0.6) is 0 Å². The van der Waals surface area contributed by atoms with E-state index in [1.165, 1.54) is 6.26 Å². The van der Waals surface area contributed by atoms with Crippen molar-refractivity contribution in [2.24, 2.45) is 11.7 Å². The van der Waals surface area contributed by atoms with Crippen molar-refractivity contribution in [2.75, 3.05) is 12.0 Å². The molecule has 0 amide bonds. The van der Waals surface area contributed by atoms with Crippen LogP contribution in [-0.2, 0) is 9.84 Å². The van der Waals surface area contributed by atoms with E-state index in [4.69, 9.17) is 5.73 Å². The summed E-state index contributed by atoms with van der Waals surface area (Å²) >= 11 is 0. The second-order valence-corrected chi connectivity index (χ2v) is 5.92. The first-order valence-electron chi connectivity index (χ1n) is 4.84. The largest absolute Gasteiger partial charge is 0.327 e. The summed E-state index contributed by atoms with van der Waals surface area (Å²) in [6.45, 7) is 4.18. The molecular weight excluding hydrogens is 186 g/mol. The van der Waals surface area contributed by atoms with Gasteiger partial charge in [0.2, 0.25) is 0 Å². The molecule has 0 bridgehead atoms. The number of hydrogen-bond acceptors (Lipinski definition) is 3. The van der Waals surface area contributed by atoms with Gasteiger partial charge in [0.05, 0.1) is 5.75 Å². The molecule has 1 unspecified atom stereocenters. The molecule has 0 spiro atoms. The third kappa shape index (κ3) is 6.05. The normalized spacial score (nSPS) is 14.8. The quantitative estimate of drug-likeness (QED) is 0.711. The molecule has 0 saturated carbocycles. The Bertz CT molecular complexity index is 220. The van der Waals surface area contributed by atoms with Crippen LogP contribution in [0.3, 0.4) is 0 Å². The molecule has 1 atom stereocenters. The summed E-state index contributed by atoms with van der Waals surface area (Å²) < 4.78 is 21.8. The fourth-order valence-electron chi connectivity index (χ4n) is 1.48. The Morgan fingerprint density at radius 3 is 2.00 bits per heavy atom. The van der Waals surface area contributed by atoms with Crippen molar-refractivity contribution < 1.29 is 8.42 Å². The molecule has 0 heterocycles. The van der Waals surface area contributed by atoms with E-state index in [0.717, 1.165) is 12.8 Å². The van der Waals surface area contributed by atoms with Crippen molar-refractivity contribution in [3.05, 3.63) is 0 Å². The summed E-state index contributed by atoms with van der Waals surface area (Å²) in [4.78, 5) is 0. The monoisotopic (exact) mass is 207 g/mol. The first-order valence-corrected chi connectivity index (χ1v) is 6.90.